The number of likely N-dealkylation sites (tertiary alicyclic amines) is 2. The van der Waals surface area contributed by atoms with Gasteiger partial charge >= 0.3 is 7.82 Å². The topological polar surface area (TPSA) is 117 Å². The summed E-state index contributed by atoms with van der Waals surface area (Å²) in [6.45, 7) is 6.64. The minimum Gasteiger partial charge on any atom is -0.391 e. The first-order valence-corrected chi connectivity index (χ1v) is 15.6. The van der Waals surface area contributed by atoms with Crippen LogP contribution < -0.4 is 0 Å². The molecule has 0 aromatic rings. The molecule has 2 aliphatic rings. The number of aliphatic hydroxyl groups is 1. The van der Waals surface area contributed by atoms with Gasteiger partial charge in [0, 0.05) is 32.0 Å². The van der Waals surface area contributed by atoms with Gasteiger partial charge in [0.25, 0.3) is 0 Å². The van der Waals surface area contributed by atoms with E-state index >= 15 is 0 Å². The van der Waals surface area contributed by atoms with Crippen molar-refractivity contribution in [3.63, 3.8) is 0 Å². The first-order valence-electron chi connectivity index (χ1n) is 14.1. The molecule has 9 nitrogen and oxygen atoms in total. The highest BCUT2D eigenvalue weighted by atomic mass is 31.2. The van der Waals surface area contributed by atoms with Gasteiger partial charge in [-0.15, -0.1) is 0 Å². The summed E-state index contributed by atoms with van der Waals surface area (Å²) >= 11 is 0. The van der Waals surface area contributed by atoms with Crippen molar-refractivity contribution in [1.29, 1.82) is 0 Å². The molecule has 0 aromatic carbocycles. The van der Waals surface area contributed by atoms with Crippen LogP contribution in [0.5, 0.6) is 0 Å². The van der Waals surface area contributed by atoms with Crippen LogP contribution in [0.15, 0.2) is 0 Å². The van der Waals surface area contributed by atoms with Gasteiger partial charge in [0.05, 0.1) is 24.9 Å². The quantitative estimate of drug-likeness (QED) is 0.184. The smallest absolute Gasteiger partial charge is 0.391 e. The molecule has 218 valence electrons. The van der Waals surface area contributed by atoms with Gasteiger partial charge < -0.3 is 19.8 Å². The summed E-state index contributed by atoms with van der Waals surface area (Å²) in [6.07, 6.45) is 10.3. The zero-order valence-electron chi connectivity index (χ0n) is 22.6. The van der Waals surface area contributed by atoms with E-state index in [1.807, 2.05) is 4.90 Å². The summed E-state index contributed by atoms with van der Waals surface area (Å²) in [5.74, 6) is 0.0219. The molecular weight excluding hydrogens is 495 g/mol. The first-order chi connectivity index (χ1) is 17.2. The molecule has 2 fully saturated rings. The second-order valence-corrected chi connectivity index (χ2v) is 11.8. The number of carbonyl (C=O) groups is 2. The Morgan fingerprint density at radius 2 is 1.41 bits per heavy atom. The predicted molar refractivity (Wildman–Crippen MR) is 146 cm³/mol. The lowest BCUT2D eigenvalue weighted by atomic mass is 10.1. The van der Waals surface area contributed by atoms with E-state index in [9.17, 15) is 24.2 Å². The second kappa shape index (κ2) is 17.6. The maximum Gasteiger partial charge on any atom is 0.472 e. The number of carbonyl (C=O) groups excluding carboxylic acids is 2. The van der Waals surface area contributed by atoms with Crippen LogP contribution in [-0.4, -0.2) is 75.6 Å². The van der Waals surface area contributed by atoms with Gasteiger partial charge in [-0.05, 0) is 32.1 Å². The Morgan fingerprint density at radius 3 is 1.95 bits per heavy atom. The van der Waals surface area contributed by atoms with Crippen molar-refractivity contribution >= 4 is 19.6 Å². The van der Waals surface area contributed by atoms with Gasteiger partial charge in [-0.2, -0.15) is 0 Å². The van der Waals surface area contributed by atoms with E-state index in [0.29, 0.717) is 25.7 Å². The largest absolute Gasteiger partial charge is 0.472 e. The number of phosphoric ester groups is 1. The van der Waals surface area contributed by atoms with Crippen LogP contribution in [0, 0.1) is 0 Å². The highest BCUT2D eigenvalue weighted by Crippen LogP contribution is 2.47. The van der Waals surface area contributed by atoms with Crippen molar-refractivity contribution in [3.05, 3.63) is 0 Å². The first kappa shape index (κ1) is 34.0. The lowest BCUT2D eigenvalue weighted by Crippen LogP contribution is -2.38. The van der Waals surface area contributed by atoms with Crippen molar-refractivity contribution in [3.8, 4) is 0 Å². The molecular formula is C27H53N2O7P. The van der Waals surface area contributed by atoms with Gasteiger partial charge in [0.2, 0.25) is 11.8 Å². The molecule has 0 aliphatic carbocycles. The Hall–Kier alpha value is -0.990. The maximum absolute atomic E-state index is 12.8. The van der Waals surface area contributed by atoms with Crippen molar-refractivity contribution in [2.24, 2.45) is 0 Å². The van der Waals surface area contributed by atoms with Crippen LogP contribution in [-0.2, 0) is 23.2 Å². The van der Waals surface area contributed by atoms with Crippen LogP contribution in [0.2, 0.25) is 0 Å². The average Bonchev–Trinajstić information content (AvgIpc) is 3.40. The molecule has 0 bridgehead atoms. The van der Waals surface area contributed by atoms with Crippen molar-refractivity contribution in [2.75, 3.05) is 19.7 Å². The van der Waals surface area contributed by atoms with E-state index in [0.717, 1.165) is 64.2 Å². The number of aliphatic hydroxyl groups excluding tert-OH is 1. The van der Waals surface area contributed by atoms with Gasteiger partial charge in [-0.3, -0.25) is 18.6 Å². The SMILES string of the molecule is C.CCCCCCC(=O)N1C[C@H](O)C[C@H]1COP(=O)(O)O[C@@H]1C[C@@H](CCC)N(C(=O)CCCCCC)C1. The summed E-state index contributed by atoms with van der Waals surface area (Å²) in [4.78, 5) is 39.2. The number of hydrogen-bond acceptors (Lipinski definition) is 6. The minimum atomic E-state index is -4.39. The number of amides is 2. The van der Waals surface area contributed by atoms with Crippen molar-refractivity contribution in [2.45, 2.75) is 142 Å². The van der Waals surface area contributed by atoms with E-state index in [4.69, 9.17) is 9.05 Å². The molecule has 5 atom stereocenters. The molecule has 37 heavy (non-hydrogen) atoms. The van der Waals surface area contributed by atoms with E-state index in [2.05, 4.69) is 20.8 Å². The average molecular weight is 549 g/mol. The second-order valence-electron chi connectivity index (χ2n) is 10.4. The normalized spacial score (nSPS) is 25.2. The third-order valence-corrected chi connectivity index (χ3v) is 8.27. The van der Waals surface area contributed by atoms with Crippen LogP contribution >= 0.6 is 7.82 Å². The number of rotatable bonds is 17. The molecule has 2 N–H and O–H groups in total. The third-order valence-electron chi connectivity index (χ3n) is 7.23. The van der Waals surface area contributed by atoms with Crippen LogP contribution in [0.4, 0.5) is 0 Å². The van der Waals surface area contributed by atoms with Crippen LogP contribution in [0.1, 0.15) is 118 Å². The van der Waals surface area contributed by atoms with Gasteiger partial charge in [0.1, 0.15) is 0 Å². The fourth-order valence-corrected chi connectivity index (χ4v) is 6.26. The minimum absolute atomic E-state index is 0. The number of nitrogens with zero attached hydrogens (tertiary/aromatic N) is 2. The van der Waals surface area contributed by atoms with E-state index in [1.165, 1.54) is 0 Å². The highest BCUT2D eigenvalue weighted by molar-refractivity contribution is 7.47. The van der Waals surface area contributed by atoms with Gasteiger partial charge in [-0.1, -0.05) is 73.1 Å². The molecule has 2 rings (SSSR count). The number of hydrogen-bond donors (Lipinski definition) is 2. The van der Waals surface area contributed by atoms with Crippen LogP contribution in [0.3, 0.4) is 0 Å². The summed E-state index contributed by atoms with van der Waals surface area (Å²) < 4.78 is 23.6. The molecule has 1 unspecified atom stereocenters. The summed E-state index contributed by atoms with van der Waals surface area (Å²) in [5.41, 5.74) is 0. The standard InChI is InChI=1S/C26H49N2O7P.CH4/c1-4-7-9-11-14-25(30)27-18-23(29)16-22(27)20-34-36(32,33)35-24-17-21(13-6-3)28(19-24)26(31)15-12-10-8-5-2;/h21-24,29H,4-20H2,1-3H3,(H,32,33);1H4/t21-,22+,23-,24-;/m1./s1. The molecule has 0 spiro atoms. The zero-order valence-corrected chi connectivity index (χ0v) is 23.5. The molecule has 0 aromatic heterocycles. The Labute approximate surface area is 224 Å². The Balaban J connectivity index is 0.00000684. The van der Waals surface area contributed by atoms with E-state index < -0.39 is 26.1 Å². The summed E-state index contributed by atoms with van der Waals surface area (Å²) in [7, 11) is -4.39. The van der Waals surface area contributed by atoms with Crippen LogP contribution in [0.25, 0.3) is 0 Å². The molecule has 0 radical (unpaired) electrons. The van der Waals surface area contributed by atoms with Gasteiger partial charge in [0.15, 0.2) is 0 Å². The lowest BCUT2D eigenvalue weighted by molar-refractivity contribution is -0.133. The zero-order chi connectivity index (χ0) is 26.6. The maximum atomic E-state index is 12.8. The van der Waals surface area contributed by atoms with E-state index in [-0.39, 0.29) is 45.0 Å². The Morgan fingerprint density at radius 1 is 0.838 bits per heavy atom. The van der Waals surface area contributed by atoms with E-state index in [1.54, 1.807) is 4.90 Å². The fourth-order valence-electron chi connectivity index (χ4n) is 5.31. The monoisotopic (exact) mass is 548 g/mol. The Bertz CT molecular complexity index is 723. The molecule has 0 saturated carbocycles. The number of β-amino-alcohol motifs (C(OH)–C–C–N with tert-alkyl or cyclic N) is 1. The van der Waals surface area contributed by atoms with Crippen molar-refractivity contribution in [1.82, 2.24) is 9.80 Å². The fraction of sp³-hybridized carbons (Fsp3) is 0.926. The molecule has 2 saturated heterocycles. The molecule has 10 heteroatoms. The number of unbranched alkanes of at least 4 members (excludes halogenated alkanes) is 6. The summed E-state index contributed by atoms with van der Waals surface area (Å²) in [5, 5.41) is 10.1. The molecule has 2 amide bonds. The lowest BCUT2D eigenvalue weighted by Gasteiger charge is -2.25. The summed E-state index contributed by atoms with van der Waals surface area (Å²) in [6, 6.07) is -0.454. The Kier molecular flexibility index (Phi) is 16.2. The third kappa shape index (κ3) is 11.7. The van der Waals surface area contributed by atoms with Crippen molar-refractivity contribution < 1.29 is 33.2 Å². The molecule has 2 heterocycles. The molecule has 2 aliphatic heterocycles. The van der Waals surface area contributed by atoms with Gasteiger partial charge in [-0.25, -0.2) is 4.57 Å². The predicted octanol–water partition coefficient (Wildman–Crippen LogP) is 5.43. The number of phosphoric acid groups is 1. The highest BCUT2D eigenvalue weighted by Gasteiger charge is 2.40.